The van der Waals surface area contributed by atoms with Crippen molar-refractivity contribution < 1.29 is 17.9 Å². The molecule has 94 valence electrons. The van der Waals surface area contributed by atoms with E-state index in [0.717, 1.165) is 5.56 Å². The van der Waals surface area contributed by atoms with Crippen LogP contribution >= 0.6 is 0 Å². The zero-order valence-electron chi connectivity index (χ0n) is 9.39. The van der Waals surface area contributed by atoms with Crippen LogP contribution in [0.1, 0.15) is 5.56 Å². The Bertz CT molecular complexity index is 498. The van der Waals surface area contributed by atoms with Crippen molar-refractivity contribution >= 4 is 9.84 Å². The van der Waals surface area contributed by atoms with Crippen molar-refractivity contribution in [2.75, 3.05) is 24.8 Å². The van der Waals surface area contributed by atoms with Gasteiger partial charge in [0.05, 0.1) is 11.5 Å². The lowest BCUT2D eigenvalue weighted by Crippen LogP contribution is -2.19. The predicted molar refractivity (Wildman–Crippen MR) is 64.0 cm³/mol. The van der Waals surface area contributed by atoms with Gasteiger partial charge in [-0.2, -0.15) is 0 Å². The first-order valence-electron chi connectivity index (χ1n) is 5.40. The molecule has 0 unspecified atom stereocenters. The SMILES string of the molecule is NCCS(=O)(=O)CCc1ccc2c(c1)OCO2. The molecule has 0 bridgehead atoms. The van der Waals surface area contributed by atoms with Gasteiger partial charge in [0.2, 0.25) is 6.79 Å². The van der Waals surface area contributed by atoms with Crippen LogP contribution in [0.2, 0.25) is 0 Å². The molecule has 0 atom stereocenters. The van der Waals surface area contributed by atoms with E-state index in [1.165, 1.54) is 0 Å². The summed E-state index contributed by atoms with van der Waals surface area (Å²) in [6, 6.07) is 5.47. The third-order valence-corrected chi connectivity index (χ3v) is 4.25. The summed E-state index contributed by atoms with van der Waals surface area (Å²) in [6.45, 7) is 0.397. The van der Waals surface area contributed by atoms with Crippen LogP contribution in [0.4, 0.5) is 0 Å². The van der Waals surface area contributed by atoms with Gasteiger partial charge < -0.3 is 15.2 Å². The fraction of sp³-hybridized carbons (Fsp3) is 0.455. The summed E-state index contributed by atoms with van der Waals surface area (Å²) in [4.78, 5) is 0. The Balaban J connectivity index is 2.00. The Morgan fingerprint density at radius 1 is 1.18 bits per heavy atom. The molecule has 0 spiro atoms. The average molecular weight is 257 g/mol. The normalized spacial score (nSPS) is 13.9. The number of aryl methyl sites for hydroxylation is 1. The molecule has 17 heavy (non-hydrogen) atoms. The topological polar surface area (TPSA) is 78.6 Å². The molecule has 0 saturated heterocycles. The number of benzene rings is 1. The number of rotatable bonds is 5. The van der Waals surface area contributed by atoms with Crippen molar-refractivity contribution in [1.29, 1.82) is 0 Å². The highest BCUT2D eigenvalue weighted by molar-refractivity contribution is 7.91. The van der Waals surface area contributed by atoms with Crippen molar-refractivity contribution in [3.8, 4) is 11.5 Å². The van der Waals surface area contributed by atoms with Crippen molar-refractivity contribution in [3.05, 3.63) is 23.8 Å². The lowest BCUT2D eigenvalue weighted by molar-refractivity contribution is 0.174. The van der Waals surface area contributed by atoms with E-state index in [0.29, 0.717) is 17.9 Å². The first-order valence-corrected chi connectivity index (χ1v) is 7.22. The van der Waals surface area contributed by atoms with Crippen LogP contribution in [0.5, 0.6) is 11.5 Å². The maximum atomic E-state index is 11.5. The Morgan fingerprint density at radius 3 is 2.71 bits per heavy atom. The summed E-state index contributed by atoms with van der Waals surface area (Å²) in [7, 11) is -3.04. The number of fused-ring (bicyclic) bond motifs is 1. The van der Waals surface area contributed by atoms with Gasteiger partial charge in [-0.3, -0.25) is 0 Å². The van der Waals surface area contributed by atoms with Crippen LogP contribution in [-0.2, 0) is 16.3 Å². The highest BCUT2D eigenvalue weighted by atomic mass is 32.2. The second-order valence-electron chi connectivity index (χ2n) is 3.88. The molecule has 0 aromatic heterocycles. The second kappa shape index (κ2) is 4.93. The van der Waals surface area contributed by atoms with Gasteiger partial charge in [-0.15, -0.1) is 0 Å². The highest BCUT2D eigenvalue weighted by Crippen LogP contribution is 2.32. The van der Waals surface area contributed by atoms with Crippen molar-refractivity contribution in [2.45, 2.75) is 6.42 Å². The van der Waals surface area contributed by atoms with E-state index >= 15 is 0 Å². The molecular weight excluding hydrogens is 242 g/mol. The maximum Gasteiger partial charge on any atom is 0.231 e. The van der Waals surface area contributed by atoms with Crippen LogP contribution in [0.3, 0.4) is 0 Å². The van der Waals surface area contributed by atoms with Crippen LogP contribution in [0.25, 0.3) is 0 Å². The van der Waals surface area contributed by atoms with Gasteiger partial charge in [0.1, 0.15) is 0 Å². The largest absolute Gasteiger partial charge is 0.454 e. The first-order chi connectivity index (χ1) is 8.11. The molecule has 2 rings (SSSR count). The van der Waals surface area contributed by atoms with Crippen molar-refractivity contribution in [3.63, 3.8) is 0 Å². The number of hydrogen-bond acceptors (Lipinski definition) is 5. The van der Waals surface area contributed by atoms with Gasteiger partial charge in [-0.1, -0.05) is 6.07 Å². The first kappa shape index (κ1) is 12.2. The number of hydrogen-bond donors (Lipinski definition) is 1. The van der Waals surface area contributed by atoms with Gasteiger partial charge in [-0.25, -0.2) is 8.42 Å². The highest BCUT2D eigenvalue weighted by Gasteiger charge is 2.15. The monoisotopic (exact) mass is 257 g/mol. The van der Waals surface area contributed by atoms with E-state index in [2.05, 4.69) is 0 Å². The van der Waals surface area contributed by atoms with Crippen LogP contribution < -0.4 is 15.2 Å². The van der Waals surface area contributed by atoms with E-state index in [4.69, 9.17) is 15.2 Å². The molecule has 5 nitrogen and oxygen atoms in total. The van der Waals surface area contributed by atoms with Gasteiger partial charge in [-0.05, 0) is 24.1 Å². The minimum Gasteiger partial charge on any atom is -0.454 e. The molecule has 1 heterocycles. The van der Waals surface area contributed by atoms with E-state index in [9.17, 15) is 8.42 Å². The van der Waals surface area contributed by atoms with Gasteiger partial charge in [0.15, 0.2) is 21.3 Å². The molecule has 1 aromatic rings. The predicted octanol–water partition coefficient (Wildman–Crippen LogP) is 0.331. The molecule has 1 aliphatic heterocycles. The summed E-state index contributed by atoms with van der Waals surface area (Å²) < 4.78 is 33.4. The molecule has 0 radical (unpaired) electrons. The number of nitrogens with two attached hydrogens (primary N) is 1. The smallest absolute Gasteiger partial charge is 0.231 e. The lowest BCUT2D eigenvalue weighted by atomic mass is 10.1. The Morgan fingerprint density at radius 2 is 1.94 bits per heavy atom. The standard InChI is InChI=1S/C11H15NO4S/c12-4-6-17(13,14)5-3-9-1-2-10-11(7-9)16-8-15-10/h1-2,7H,3-6,8,12H2. The quantitative estimate of drug-likeness (QED) is 0.822. The zero-order valence-corrected chi connectivity index (χ0v) is 10.2. The summed E-state index contributed by atoms with van der Waals surface area (Å²) in [5, 5.41) is 0. The molecule has 2 N–H and O–H groups in total. The molecule has 1 aliphatic rings. The van der Waals surface area contributed by atoms with Crippen LogP contribution in [0.15, 0.2) is 18.2 Å². The lowest BCUT2D eigenvalue weighted by Gasteiger charge is -2.04. The van der Waals surface area contributed by atoms with E-state index in [1.807, 2.05) is 12.1 Å². The number of sulfone groups is 1. The summed E-state index contributed by atoms with van der Waals surface area (Å²) in [5.41, 5.74) is 6.17. The number of ether oxygens (including phenoxy) is 2. The van der Waals surface area contributed by atoms with E-state index < -0.39 is 9.84 Å². The van der Waals surface area contributed by atoms with Gasteiger partial charge in [0, 0.05) is 6.54 Å². The van der Waals surface area contributed by atoms with Gasteiger partial charge in [0.25, 0.3) is 0 Å². The van der Waals surface area contributed by atoms with Crippen LogP contribution in [0, 0.1) is 0 Å². The van der Waals surface area contributed by atoms with Crippen molar-refractivity contribution in [1.82, 2.24) is 0 Å². The molecule has 0 fully saturated rings. The third kappa shape index (κ3) is 3.10. The molecule has 0 saturated carbocycles. The Labute approximate surface area is 100 Å². The zero-order chi connectivity index (χ0) is 12.3. The van der Waals surface area contributed by atoms with Crippen LogP contribution in [-0.4, -0.2) is 33.3 Å². The fourth-order valence-corrected chi connectivity index (χ4v) is 2.76. The fourth-order valence-electron chi connectivity index (χ4n) is 1.65. The minimum atomic E-state index is -3.04. The maximum absolute atomic E-state index is 11.5. The molecule has 1 aromatic carbocycles. The molecule has 0 aliphatic carbocycles. The minimum absolute atomic E-state index is 0.0392. The summed E-state index contributed by atoms with van der Waals surface area (Å²) >= 11 is 0. The van der Waals surface area contributed by atoms with Crippen molar-refractivity contribution in [2.24, 2.45) is 5.73 Å². The molecule has 0 amide bonds. The summed E-state index contributed by atoms with van der Waals surface area (Å²) in [6.07, 6.45) is 0.471. The van der Waals surface area contributed by atoms with Gasteiger partial charge >= 0.3 is 0 Å². The molecule has 6 heteroatoms. The van der Waals surface area contributed by atoms with E-state index in [1.54, 1.807) is 6.07 Å². The average Bonchev–Trinajstić information content (AvgIpc) is 2.73. The third-order valence-electron chi connectivity index (χ3n) is 2.57. The molecular formula is C11H15NO4S. The second-order valence-corrected chi connectivity index (χ2v) is 6.18. The summed E-state index contributed by atoms with van der Waals surface area (Å²) in [5.74, 6) is 1.54. The Hall–Kier alpha value is -1.27. The Kier molecular flexibility index (Phi) is 3.54. The van der Waals surface area contributed by atoms with E-state index in [-0.39, 0.29) is 24.8 Å².